The summed E-state index contributed by atoms with van der Waals surface area (Å²) in [6.07, 6.45) is 1.81. The van der Waals surface area contributed by atoms with Crippen LogP contribution < -0.4 is 10.5 Å². The molecule has 0 radical (unpaired) electrons. The van der Waals surface area contributed by atoms with Crippen molar-refractivity contribution >= 4 is 15.7 Å². The zero-order valence-electron chi connectivity index (χ0n) is 9.76. The maximum absolute atomic E-state index is 11.4. The lowest BCUT2D eigenvalue weighted by atomic mass is 10.1. The standard InChI is InChI=1S/C11H15NO4S/c1-16-9-7-8(4-6-11(12)13)3-5-10(9)17(2,14)15/h3,5,7H,4,6H2,1-2H3,(H2,12,13). The third-order valence-corrected chi connectivity index (χ3v) is 3.42. The molecule has 0 bridgehead atoms. The van der Waals surface area contributed by atoms with Crippen LogP contribution in [0, 0.1) is 0 Å². The SMILES string of the molecule is COc1cc(CCC(N)=O)ccc1S(C)(=O)=O. The van der Waals surface area contributed by atoms with Gasteiger partial charge in [-0.15, -0.1) is 0 Å². The van der Waals surface area contributed by atoms with Gasteiger partial charge in [0.25, 0.3) is 0 Å². The lowest BCUT2D eigenvalue weighted by molar-refractivity contribution is -0.117. The Morgan fingerprint density at radius 1 is 1.41 bits per heavy atom. The number of carbonyl (C=O) groups is 1. The lowest BCUT2D eigenvalue weighted by Gasteiger charge is -2.08. The molecule has 6 heteroatoms. The molecule has 5 nitrogen and oxygen atoms in total. The van der Waals surface area contributed by atoms with E-state index < -0.39 is 15.7 Å². The van der Waals surface area contributed by atoms with Crippen molar-refractivity contribution in [3.8, 4) is 5.75 Å². The maximum atomic E-state index is 11.4. The van der Waals surface area contributed by atoms with Crippen molar-refractivity contribution in [1.82, 2.24) is 0 Å². The molecule has 1 amide bonds. The number of benzene rings is 1. The van der Waals surface area contributed by atoms with Crippen molar-refractivity contribution in [2.24, 2.45) is 5.73 Å². The van der Waals surface area contributed by atoms with E-state index >= 15 is 0 Å². The zero-order valence-corrected chi connectivity index (χ0v) is 10.6. The van der Waals surface area contributed by atoms with Crippen LogP contribution in [0.4, 0.5) is 0 Å². The average Bonchev–Trinajstić information content (AvgIpc) is 2.24. The third-order valence-electron chi connectivity index (χ3n) is 2.29. The van der Waals surface area contributed by atoms with Crippen molar-refractivity contribution in [2.75, 3.05) is 13.4 Å². The average molecular weight is 257 g/mol. The molecule has 0 fully saturated rings. The highest BCUT2D eigenvalue weighted by Gasteiger charge is 2.14. The Balaban J connectivity index is 3.05. The van der Waals surface area contributed by atoms with Crippen molar-refractivity contribution < 1.29 is 17.9 Å². The van der Waals surface area contributed by atoms with Crippen LogP contribution in [-0.2, 0) is 21.1 Å². The highest BCUT2D eigenvalue weighted by molar-refractivity contribution is 7.90. The van der Waals surface area contributed by atoms with Crippen LogP contribution in [0.3, 0.4) is 0 Å². The number of primary amides is 1. The van der Waals surface area contributed by atoms with E-state index in [1.807, 2.05) is 0 Å². The van der Waals surface area contributed by atoms with Gasteiger partial charge in [-0.05, 0) is 24.1 Å². The molecule has 1 aromatic carbocycles. The van der Waals surface area contributed by atoms with Crippen LogP contribution in [0.2, 0.25) is 0 Å². The first kappa shape index (κ1) is 13.5. The number of sulfone groups is 1. The largest absolute Gasteiger partial charge is 0.495 e. The molecule has 0 aliphatic heterocycles. The van der Waals surface area contributed by atoms with Crippen LogP contribution >= 0.6 is 0 Å². The number of ether oxygens (including phenoxy) is 1. The predicted octanol–water partition coefficient (Wildman–Crippen LogP) is 0.517. The van der Waals surface area contributed by atoms with Gasteiger partial charge < -0.3 is 10.5 Å². The van der Waals surface area contributed by atoms with Crippen LogP contribution in [-0.4, -0.2) is 27.7 Å². The van der Waals surface area contributed by atoms with Gasteiger partial charge in [-0.2, -0.15) is 0 Å². The molecule has 1 rings (SSSR count). The first-order valence-corrected chi connectivity index (χ1v) is 6.89. The minimum absolute atomic E-state index is 0.142. The molecule has 0 saturated heterocycles. The highest BCUT2D eigenvalue weighted by atomic mass is 32.2. The number of hydrogen-bond acceptors (Lipinski definition) is 4. The van der Waals surface area contributed by atoms with Crippen LogP contribution in [0.5, 0.6) is 5.75 Å². The fourth-order valence-electron chi connectivity index (χ4n) is 1.44. The Kier molecular flexibility index (Phi) is 4.11. The summed E-state index contributed by atoms with van der Waals surface area (Å²) in [4.78, 5) is 10.8. The van der Waals surface area contributed by atoms with Crippen molar-refractivity contribution in [2.45, 2.75) is 17.7 Å². The molecule has 2 N–H and O–H groups in total. The van der Waals surface area contributed by atoms with Crippen LogP contribution in [0.1, 0.15) is 12.0 Å². The Bertz CT molecular complexity index is 522. The second-order valence-electron chi connectivity index (χ2n) is 3.72. The monoisotopic (exact) mass is 257 g/mol. The molecule has 0 saturated carbocycles. The third kappa shape index (κ3) is 3.74. The summed E-state index contributed by atoms with van der Waals surface area (Å²) in [5, 5.41) is 0. The minimum atomic E-state index is -3.31. The normalized spacial score (nSPS) is 11.2. The Labute approximate surface area is 100 Å². The number of methoxy groups -OCH3 is 1. The van der Waals surface area contributed by atoms with E-state index in [1.54, 1.807) is 12.1 Å². The molecule has 0 aliphatic carbocycles. The summed E-state index contributed by atoms with van der Waals surface area (Å²) in [6.45, 7) is 0. The van der Waals surface area contributed by atoms with E-state index in [0.29, 0.717) is 6.42 Å². The minimum Gasteiger partial charge on any atom is -0.495 e. The molecule has 0 spiro atoms. The van der Waals surface area contributed by atoms with Crippen LogP contribution in [0.15, 0.2) is 23.1 Å². The topological polar surface area (TPSA) is 86.5 Å². The van der Waals surface area contributed by atoms with E-state index in [0.717, 1.165) is 11.8 Å². The fourth-order valence-corrected chi connectivity index (χ4v) is 2.26. The van der Waals surface area contributed by atoms with Gasteiger partial charge in [0.2, 0.25) is 5.91 Å². The molecular weight excluding hydrogens is 242 g/mol. The summed E-state index contributed by atoms with van der Waals surface area (Å²) in [5.74, 6) is -0.106. The van der Waals surface area contributed by atoms with Crippen LogP contribution in [0.25, 0.3) is 0 Å². The van der Waals surface area contributed by atoms with Gasteiger partial charge in [0.1, 0.15) is 10.6 Å². The van der Waals surface area contributed by atoms with Gasteiger partial charge in [0, 0.05) is 12.7 Å². The number of rotatable bonds is 5. The summed E-state index contributed by atoms with van der Waals surface area (Å²) in [5.41, 5.74) is 5.86. The van der Waals surface area contributed by atoms with Crippen molar-refractivity contribution in [3.63, 3.8) is 0 Å². The number of aryl methyl sites for hydroxylation is 1. The Hall–Kier alpha value is -1.56. The van der Waals surface area contributed by atoms with E-state index in [4.69, 9.17) is 10.5 Å². The second kappa shape index (κ2) is 5.18. The van der Waals surface area contributed by atoms with Gasteiger partial charge in [-0.1, -0.05) is 6.07 Å². The summed E-state index contributed by atoms with van der Waals surface area (Å²) in [7, 11) is -1.91. The maximum Gasteiger partial charge on any atom is 0.217 e. The fraction of sp³-hybridized carbons (Fsp3) is 0.364. The number of carbonyl (C=O) groups excluding carboxylic acids is 1. The molecule has 0 atom stereocenters. The van der Waals surface area contributed by atoms with E-state index in [2.05, 4.69) is 0 Å². The van der Waals surface area contributed by atoms with E-state index in [-0.39, 0.29) is 17.1 Å². The molecule has 0 aromatic heterocycles. The Morgan fingerprint density at radius 3 is 2.53 bits per heavy atom. The first-order chi connectivity index (χ1) is 7.84. The van der Waals surface area contributed by atoms with Gasteiger partial charge in [-0.25, -0.2) is 8.42 Å². The van der Waals surface area contributed by atoms with Gasteiger partial charge in [0.15, 0.2) is 9.84 Å². The van der Waals surface area contributed by atoms with Gasteiger partial charge >= 0.3 is 0 Å². The van der Waals surface area contributed by atoms with Gasteiger partial charge in [0.05, 0.1) is 7.11 Å². The van der Waals surface area contributed by atoms with Gasteiger partial charge in [-0.3, -0.25) is 4.79 Å². The summed E-state index contributed by atoms with van der Waals surface area (Å²) >= 11 is 0. The molecular formula is C11H15NO4S. The molecule has 94 valence electrons. The molecule has 0 heterocycles. The number of hydrogen-bond donors (Lipinski definition) is 1. The first-order valence-electron chi connectivity index (χ1n) is 5.00. The number of amides is 1. The smallest absolute Gasteiger partial charge is 0.217 e. The molecule has 0 aliphatic rings. The summed E-state index contributed by atoms with van der Waals surface area (Å²) < 4.78 is 27.9. The number of nitrogens with two attached hydrogens (primary N) is 1. The lowest BCUT2D eigenvalue weighted by Crippen LogP contribution is -2.11. The second-order valence-corrected chi connectivity index (χ2v) is 5.71. The predicted molar refractivity (Wildman–Crippen MR) is 63.6 cm³/mol. The zero-order chi connectivity index (χ0) is 13.1. The van der Waals surface area contributed by atoms with Crippen molar-refractivity contribution in [1.29, 1.82) is 0 Å². The molecule has 1 aromatic rings. The van der Waals surface area contributed by atoms with E-state index in [9.17, 15) is 13.2 Å². The van der Waals surface area contributed by atoms with E-state index in [1.165, 1.54) is 13.2 Å². The Morgan fingerprint density at radius 2 is 2.06 bits per heavy atom. The molecule has 0 unspecified atom stereocenters. The van der Waals surface area contributed by atoms with Crippen molar-refractivity contribution in [3.05, 3.63) is 23.8 Å². The summed E-state index contributed by atoms with van der Waals surface area (Å²) in [6, 6.07) is 4.74. The molecule has 17 heavy (non-hydrogen) atoms. The highest BCUT2D eigenvalue weighted by Crippen LogP contribution is 2.25. The quantitative estimate of drug-likeness (QED) is 0.833.